The van der Waals surface area contributed by atoms with E-state index in [1.54, 1.807) is 6.07 Å². The van der Waals surface area contributed by atoms with Gasteiger partial charge in [0.1, 0.15) is 23.1 Å². The van der Waals surface area contributed by atoms with Gasteiger partial charge in [-0.1, -0.05) is 64.8 Å². The fourth-order valence-electron chi connectivity index (χ4n) is 4.57. The zero-order chi connectivity index (χ0) is 28.2. The minimum Gasteiger partial charge on any atom is -0.480 e. The Morgan fingerprint density at radius 2 is 1.82 bits per heavy atom. The summed E-state index contributed by atoms with van der Waals surface area (Å²) in [5.41, 5.74) is 0.865. The smallest absolute Gasteiger partial charge is 0.413 e. The lowest BCUT2D eigenvalue weighted by molar-refractivity contribution is -0.139. The summed E-state index contributed by atoms with van der Waals surface area (Å²) in [5, 5.41) is 16.5. The molecule has 1 amide bonds. The quantitative estimate of drug-likeness (QED) is 0.136. The number of hydrogen-bond acceptors (Lipinski definition) is 8. The molecule has 2 atom stereocenters. The number of carbonyl (C=O) groups excluding carboxylic acids is 1. The molecule has 40 heavy (non-hydrogen) atoms. The Labute approximate surface area is 242 Å². The van der Waals surface area contributed by atoms with Gasteiger partial charge in [-0.3, -0.25) is 4.79 Å². The lowest BCUT2D eigenvalue weighted by Gasteiger charge is -2.14. The van der Waals surface area contributed by atoms with E-state index in [1.165, 1.54) is 49.6 Å². The Hall–Kier alpha value is -2.95. The molecular formula is C30H36N2O6S2. The highest BCUT2D eigenvalue weighted by Crippen LogP contribution is 2.39. The molecule has 10 heteroatoms. The average Bonchev–Trinajstić information content (AvgIpc) is 3.47. The normalized spacial score (nSPS) is 15.7. The van der Waals surface area contributed by atoms with Crippen LogP contribution < -0.4 is 20.8 Å². The predicted molar refractivity (Wildman–Crippen MR) is 162 cm³/mol. The fraction of sp³-hybridized carbons (Fsp3) is 0.433. The molecule has 0 saturated carbocycles. The van der Waals surface area contributed by atoms with Crippen LogP contribution in [-0.4, -0.2) is 47.3 Å². The predicted octanol–water partition coefficient (Wildman–Crippen LogP) is 6.48. The largest absolute Gasteiger partial charge is 0.480 e. The zero-order valence-corrected chi connectivity index (χ0v) is 24.1. The van der Waals surface area contributed by atoms with Crippen molar-refractivity contribution in [3.05, 3.63) is 64.8 Å². The van der Waals surface area contributed by atoms with Gasteiger partial charge in [0.05, 0.1) is 5.39 Å². The molecule has 3 aromatic rings. The molecule has 214 valence electrons. The summed E-state index contributed by atoms with van der Waals surface area (Å²) in [7, 11) is 4.03. The van der Waals surface area contributed by atoms with Crippen LogP contribution in [0.3, 0.4) is 0 Å². The maximum absolute atomic E-state index is 12.7. The number of benzene rings is 2. The number of carboxylic acids is 1. The number of carbonyl (C=O) groups is 2. The number of aliphatic carboxylic acids is 1. The Bertz CT molecular complexity index is 1310. The van der Waals surface area contributed by atoms with Crippen LogP contribution in [0.15, 0.2) is 63.8 Å². The Morgan fingerprint density at radius 3 is 2.58 bits per heavy atom. The molecule has 1 saturated heterocycles. The zero-order valence-electron chi connectivity index (χ0n) is 22.4. The minimum atomic E-state index is -1.11. The van der Waals surface area contributed by atoms with E-state index in [2.05, 4.69) is 10.6 Å². The maximum Gasteiger partial charge on any atom is 0.413 e. The van der Waals surface area contributed by atoms with Crippen molar-refractivity contribution < 1.29 is 23.8 Å². The van der Waals surface area contributed by atoms with E-state index in [0.29, 0.717) is 24.2 Å². The van der Waals surface area contributed by atoms with E-state index in [-0.39, 0.29) is 16.6 Å². The van der Waals surface area contributed by atoms with Crippen LogP contribution >= 0.6 is 21.6 Å². The summed E-state index contributed by atoms with van der Waals surface area (Å²) in [4.78, 5) is 36.8. The molecule has 0 bridgehead atoms. The summed E-state index contributed by atoms with van der Waals surface area (Å²) in [5.74, 6) is 0.741. The SMILES string of the molecule is O=C(NC(CCCCNCCCCC[C@@H]1CCSS1)C(=O)O)Oc1ccc2oc(-c3ccccc3)cc(=O)c2c1. The topological polar surface area (TPSA) is 118 Å². The molecule has 0 spiro atoms. The molecule has 1 aliphatic rings. The number of rotatable bonds is 15. The van der Waals surface area contributed by atoms with Crippen LogP contribution in [0.5, 0.6) is 5.75 Å². The first-order valence-corrected chi connectivity index (χ1v) is 16.2. The monoisotopic (exact) mass is 584 g/mol. The first kappa shape index (κ1) is 30.0. The number of unbranched alkanes of at least 4 members (excludes halogenated alkanes) is 3. The standard InChI is InChI=1S/C30H36N2O6S2/c33-26-20-28(21-9-3-1-4-10-21)38-27-14-13-22(19-24(26)27)37-30(36)32-25(29(34)35)12-6-8-17-31-16-7-2-5-11-23-15-18-39-40-23/h1,3-4,9-10,13-14,19-20,23,25,31H,2,5-8,11-12,15-18H2,(H,32,36)(H,34,35)/t23-,25?/m1/s1. The minimum absolute atomic E-state index is 0.124. The first-order chi connectivity index (χ1) is 19.5. The van der Waals surface area contributed by atoms with Crippen molar-refractivity contribution in [1.29, 1.82) is 0 Å². The van der Waals surface area contributed by atoms with Crippen LogP contribution in [0, 0.1) is 0 Å². The second-order valence-corrected chi connectivity index (χ2v) is 12.6. The number of amides is 1. The summed E-state index contributed by atoms with van der Waals surface area (Å²) in [6.45, 7) is 1.79. The molecule has 1 aliphatic heterocycles. The summed E-state index contributed by atoms with van der Waals surface area (Å²) in [6.07, 6.45) is 7.22. The third kappa shape index (κ3) is 9.31. The van der Waals surface area contributed by atoms with Crippen LogP contribution in [0.4, 0.5) is 4.79 Å². The molecule has 1 fully saturated rings. The molecule has 4 rings (SSSR count). The molecular weight excluding hydrogens is 548 g/mol. The van der Waals surface area contributed by atoms with Crippen molar-refractivity contribution in [2.24, 2.45) is 0 Å². The second kappa shape index (κ2) is 15.7. The molecule has 2 aromatic carbocycles. The van der Waals surface area contributed by atoms with Gasteiger partial charge in [0.2, 0.25) is 0 Å². The number of hydrogen-bond donors (Lipinski definition) is 3. The highest BCUT2D eigenvalue weighted by atomic mass is 33.1. The second-order valence-electron chi connectivity index (χ2n) is 9.85. The van der Waals surface area contributed by atoms with Crippen molar-refractivity contribution in [2.45, 2.75) is 62.7 Å². The van der Waals surface area contributed by atoms with E-state index in [1.807, 2.05) is 51.9 Å². The van der Waals surface area contributed by atoms with Gasteiger partial charge in [-0.2, -0.15) is 0 Å². The molecule has 2 heterocycles. The average molecular weight is 585 g/mol. The van der Waals surface area contributed by atoms with E-state index in [4.69, 9.17) is 9.15 Å². The fourth-order valence-corrected chi connectivity index (χ4v) is 7.59. The van der Waals surface area contributed by atoms with E-state index < -0.39 is 18.1 Å². The lowest BCUT2D eigenvalue weighted by Crippen LogP contribution is -2.42. The lowest BCUT2D eigenvalue weighted by atomic mass is 10.1. The third-order valence-corrected chi connectivity index (χ3v) is 9.77. The van der Waals surface area contributed by atoms with Crippen molar-refractivity contribution in [2.75, 3.05) is 18.8 Å². The maximum atomic E-state index is 12.7. The molecule has 1 aromatic heterocycles. The molecule has 1 unspecified atom stereocenters. The van der Waals surface area contributed by atoms with Crippen molar-refractivity contribution in [1.82, 2.24) is 10.6 Å². The third-order valence-electron chi connectivity index (χ3n) is 6.76. The van der Waals surface area contributed by atoms with Gasteiger partial charge in [-0.25, -0.2) is 9.59 Å². The van der Waals surface area contributed by atoms with Gasteiger partial charge in [0.15, 0.2) is 5.43 Å². The highest BCUT2D eigenvalue weighted by molar-refractivity contribution is 8.77. The van der Waals surface area contributed by atoms with Crippen molar-refractivity contribution in [3.8, 4) is 17.1 Å². The first-order valence-electron chi connectivity index (χ1n) is 13.8. The molecule has 8 nitrogen and oxygen atoms in total. The Morgan fingerprint density at radius 1 is 1.02 bits per heavy atom. The van der Waals surface area contributed by atoms with E-state index >= 15 is 0 Å². The molecule has 0 aliphatic carbocycles. The number of fused-ring (bicyclic) bond motifs is 1. The van der Waals surface area contributed by atoms with Crippen molar-refractivity contribution >= 4 is 44.6 Å². The van der Waals surface area contributed by atoms with Crippen LogP contribution in [0.2, 0.25) is 0 Å². The number of nitrogens with one attached hydrogen (secondary N) is 2. The van der Waals surface area contributed by atoms with Gasteiger partial charge < -0.3 is 24.9 Å². The van der Waals surface area contributed by atoms with Gasteiger partial charge in [0.25, 0.3) is 0 Å². The van der Waals surface area contributed by atoms with Gasteiger partial charge in [-0.05, 0) is 69.8 Å². The van der Waals surface area contributed by atoms with Crippen molar-refractivity contribution in [3.63, 3.8) is 0 Å². The summed E-state index contributed by atoms with van der Waals surface area (Å²) in [6, 6.07) is 14.1. The highest BCUT2D eigenvalue weighted by Gasteiger charge is 2.21. The van der Waals surface area contributed by atoms with Crippen LogP contribution in [0.1, 0.15) is 51.4 Å². The van der Waals surface area contributed by atoms with Gasteiger partial charge >= 0.3 is 12.1 Å². The van der Waals surface area contributed by atoms with Gasteiger partial charge in [-0.15, -0.1) is 0 Å². The van der Waals surface area contributed by atoms with E-state index in [0.717, 1.165) is 36.7 Å². The number of ether oxygens (including phenoxy) is 1. The number of carboxylic acid groups (broad SMARTS) is 1. The van der Waals surface area contributed by atoms with Crippen LogP contribution in [-0.2, 0) is 4.79 Å². The summed E-state index contributed by atoms with van der Waals surface area (Å²) >= 11 is 0. The molecule has 0 radical (unpaired) electrons. The van der Waals surface area contributed by atoms with E-state index in [9.17, 15) is 19.5 Å². The van der Waals surface area contributed by atoms with Gasteiger partial charge in [0, 0.05) is 22.6 Å². The van der Waals surface area contributed by atoms with Crippen LogP contribution in [0.25, 0.3) is 22.3 Å². The summed E-state index contributed by atoms with van der Waals surface area (Å²) < 4.78 is 11.1. The molecule has 3 N–H and O–H groups in total. The Balaban J connectivity index is 1.17. The Kier molecular flexibility index (Phi) is 11.8.